The van der Waals surface area contributed by atoms with Gasteiger partial charge in [0.25, 0.3) is 0 Å². The summed E-state index contributed by atoms with van der Waals surface area (Å²) in [5, 5.41) is 11.7. The number of nitrogens with two attached hydrogens (primary N) is 1. The standard InChI is InChI=1S/C12H18N4OS/c1-12(2)8-16(6-7-18-12)10-5-3-4-9(14-10)11(13)15-17/h3-5,17H,6-8H2,1-2H3,(H2,13,15). The topological polar surface area (TPSA) is 74.7 Å². The first-order valence-corrected chi connectivity index (χ1v) is 6.84. The highest BCUT2D eigenvalue weighted by Crippen LogP contribution is 2.31. The van der Waals surface area contributed by atoms with Gasteiger partial charge in [-0.25, -0.2) is 4.98 Å². The molecule has 1 aromatic rings. The van der Waals surface area contributed by atoms with Crippen molar-refractivity contribution < 1.29 is 5.21 Å². The zero-order chi connectivity index (χ0) is 13.2. The third-order valence-corrected chi connectivity index (χ3v) is 4.15. The van der Waals surface area contributed by atoms with E-state index in [1.54, 1.807) is 6.07 Å². The maximum Gasteiger partial charge on any atom is 0.188 e. The zero-order valence-electron chi connectivity index (χ0n) is 10.6. The molecule has 1 fully saturated rings. The summed E-state index contributed by atoms with van der Waals surface area (Å²) < 4.78 is 0.229. The Hall–Kier alpha value is -1.43. The van der Waals surface area contributed by atoms with Gasteiger partial charge in [0.15, 0.2) is 5.84 Å². The van der Waals surface area contributed by atoms with Gasteiger partial charge in [-0.05, 0) is 26.0 Å². The van der Waals surface area contributed by atoms with E-state index >= 15 is 0 Å². The highest BCUT2D eigenvalue weighted by Gasteiger charge is 2.27. The first-order chi connectivity index (χ1) is 8.52. The Morgan fingerprint density at radius 1 is 1.56 bits per heavy atom. The maximum atomic E-state index is 8.68. The van der Waals surface area contributed by atoms with E-state index in [1.165, 1.54) is 0 Å². The van der Waals surface area contributed by atoms with Gasteiger partial charge >= 0.3 is 0 Å². The van der Waals surface area contributed by atoms with Gasteiger partial charge in [0.2, 0.25) is 0 Å². The number of anilines is 1. The summed E-state index contributed by atoms with van der Waals surface area (Å²) in [5.74, 6) is 2.01. The second-order valence-corrected chi connectivity index (χ2v) is 6.70. The van der Waals surface area contributed by atoms with Crippen LogP contribution in [0.4, 0.5) is 5.82 Å². The molecule has 5 nitrogen and oxygen atoms in total. The Morgan fingerprint density at radius 3 is 3.00 bits per heavy atom. The minimum absolute atomic E-state index is 0.0440. The van der Waals surface area contributed by atoms with Gasteiger partial charge in [-0.2, -0.15) is 11.8 Å². The van der Waals surface area contributed by atoms with Crippen LogP contribution in [0, 0.1) is 0 Å². The van der Waals surface area contributed by atoms with E-state index in [0.717, 1.165) is 24.7 Å². The number of amidine groups is 1. The van der Waals surface area contributed by atoms with Crippen LogP contribution in [0.15, 0.2) is 23.4 Å². The number of nitrogens with zero attached hydrogens (tertiary/aromatic N) is 3. The number of aromatic nitrogens is 1. The maximum absolute atomic E-state index is 8.68. The molecule has 1 saturated heterocycles. The van der Waals surface area contributed by atoms with Gasteiger partial charge in [0.1, 0.15) is 11.5 Å². The van der Waals surface area contributed by atoms with Crippen LogP contribution in [0.2, 0.25) is 0 Å². The van der Waals surface area contributed by atoms with Crippen molar-refractivity contribution in [3.05, 3.63) is 23.9 Å². The predicted molar refractivity (Wildman–Crippen MR) is 75.5 cm³/mol. The molecule has 1 aliphatic heterocycles. The normalized spacial score (nSPS) is 19.9. The van der Waals surface area contributed by atoms with Crippen LogP contribution in [-0.4, -0.2) is 39.6 Å². The van der Waals surface area contributed by atoms with E-state index in [2.05, 4.69) is 28.9 Å². The SMILES string of the molecule is CC1(C)CN(c2cccc(/C(N)=N/O)n2)CCS1. The molecular formula is C12H18N4OS. The second-order valence-electron chi connectivity index (χ2n) is 4.90. The number of hydrogen-bond donors (Lipinski definition) is 2. The van der Waals surface area contributed by atoms with Crippen LogP contribution in [0.3, 0.4) is 0 Å². The van der Waals surface area contributed by atoms with Crippen molar-refractivity contribution in [2.45, 2.75) is 18.6 Å². The fourth-order valence-electron chi connectivity index (χ4n) is 2.01. The average molecular weight is 266 g/mol. The molecule has 0 unspecified atom stereocenters. The first-order valence-electron chi connectivity index (χ1n) is 5.86. The lowest BCUT2D eigenvalue weighted by Crippen LogP contribution is -2.43. The summed E-state index contributed by atoms with van der Waals surface area (Å²) in [7, 11) is 0. The molecule has 0 amide bonds. The summed E-state index contributed by atoms with van der Waals surface area (Å²) in [6.45, 7) is 6.39. The summed E-state index contributed by atoms with van der Waals surface area (Å²) in [6.07, 6.45) is 0. The fourth-order valence-corrected chi connectivity index (χ4v) is 3.12. The van der Waals surface area contributed by atoms with Crippen molar-refractivity contribution in [3.8, 4) is 0 Å². The predicted octanol–water partition coefficient (Wildman–Crippen LogP) is 1.51. The van der Waals surface area contributed by atoms with Crippen LogP contribution < -0.4 is 10.6 Å². The van der Waals surface area contributed by atoms with Crippen LogP contribution in [0.5, 0.6) is 0 Å². The average Bonchev–Trinajstić information content (AvgIpc) is 2.37. The molecule has 0 bridgehead atoms. The minimum Gasteiger partial charge on any atom is -0.409 e. The van der Waals surface area contributed by atoms with Crippen LogP contribution >= 0.6 is 11.8 Å². The smallest absolute Gasteiger partial charge is 0.188 e. The molecular weight excluding hydrogens is 248 g/mol. The van der Waals surface area contributed by atoms with Crippen LogP contribution in [0.25, 0.3) is 0 Å². The fraction of sp³-hybridized carbons (Fsp3) is 0.500. The van der Waals surface area contributed by atoms with Gasteiger partial charge in [-0.15, -0.1) is 0 Å². The number of thioether (sulfide) groups is 1. The van der Waals surface area contributed by atoms with Crippen molar-refractivity contribution >= 4 is 23.4 Å². The number of rotatable bonds is 2. The van der Waals surface area contributed by atoms with Crippen molar-refractivity contribution in [1.29, 1.82) is 0 Å². The lowest BCUT2D eigenvalue weighted by Gasteiger charge is -2.38. The Balaban J connectivity index is 2.23. The zero-order valence-corrected chi connectivity index (χ0v) is 11.4. The largest absolute Gasteiger partial charge is 0.409 e. The molecule has 0 aromatic carbocycles. The van der Waals surface area contributed by atoms with Gasteiger partial charge in [-0.3, -0.25) is 0 Å². The summed E-state index contributed by atoms with van der Waals surface area (Å²) in [5.41, 5.74) is 6.07. The number of pyridine rings is 1. The van der Waals surface area contributed by atoms with Crippen LogP contribution in [-0.2, 0) is 0 Å². The molecule has 2 rings (SSSR count). The Bertz CT molecular complexity index is 461. The van der Waals surface area contributed by atoms with E-state index < -0.39 is 0 Å². The lowest BCUT2D eigenvalue weighted by atomic mass is 10.2. The Morgan fingerprint density at radius 2 is 2.33 bits per heavy atom. The summed E-state index contributed by atoms with van der Waals surface area (Å²) in [6, 6.07) is 5.58. The molecule has 1 aliphatic rings. The van der Waals surface area contributed by atoms with E-state index in [9.17, 15) is 0 Å². The third-order valence-electron chi connectivity index (χ3n) is 2.85. The molecule has 1 aromatic heterocycles. The van der Waals surface area contributed by atoms with E-state index in [0.29, 0.717) is 5.69 Å². The quantitative estimate of drug-likeness (QED) is 0.367. The van der Waals surface area contributed by atoms with Crippen LogP contribution in [0.1, 0.15) is 19.5 Å². The van der Waals surface area contributed by atoms with E-state index in [4.69, 9.17) is 10.9 Å². The molecule has 6 heteroatoms. The molecule has 3 N–H and O–H groups in total. The molecule has 2 heterocycles. The van der Waals surface area contributed by atoms with E-state index in [-0.39, 0.29) is 10.6 Å². The van der Waals surface area contributed by atoms with Crippen molar-refractivity contribution in [1.82, 2.24) is 4.98 Å². The minimum atomic E-state index is 0.0440. The Labute approximate surface area is 111 Å². The molecule has 0 spiro atoms. The van der Waals surface area contributed by atoms with Gasteiger partial charge < -0.3 is 15.8 Å². The van der Waals surface area contributed by atoms with Gasteiger partial charge in [0.05, 0.1) is 0 Å². The Kier molecular flexibility index (Phi) is 3.65. The highest BCUT2D eigenvalue weighted by molar-refractivity contribution is 8.00. The first kappa shape index (κ1) is 13.0. The molecule has 0 aliphatic carbocycles. The number of hydrogen-bond acceptors (Lipinski definition) is 5. The van der Waals surface area contributed by atoms with Crippen molar-refractivity contribution in [2.24, 2.45) is 10.9 Å². The molecule has 0 atom stereocenters. The van der Waals surface area contributed by atoms with Gasteiger partial charge in [0, 0.05) is 23.6 Å². The van der Waals surface area contributed by atoms with E-state index in [1.807, 2.05) is 23.9 Å². The molecule has 0 radical (unpaired) electrons. The summed E-state index contributed by atoms with van der Waals surface area (Å²) >= 11 is 1.98. The summed E-state index contributed by atoms with van der Waals surface area (Å²) in [4.78, 5) is 6.67. The lowest BCUT2D eigenvalue weighted by molar-refractivity contribution is 0.318. The molecule has 18 heavy (non-hydrogen) atoms. The number of oxime groups is 1. The third kappa shape index (κ3) is 2.87. The van der Waals surface area contributed by atoms with Crippen molar-refractivity contribution in [2.75, 3.05) is 23.7 Å². The molecule has 98 valence electrons. The van der Waals surface area contributed by atoms with Gasteiger partial charge in [-0.1, -0.05) is 11.2 Å². The monoisotopic (exact) mass is 266 g/mol. The highest BCUT2D eigenvalue weighted by atomic mass is 32.2. The second kappa shape index (κ2) is 5.06. The van der Waals surface area contributed by atoms with Crippen molar-refractivity contribution in [3.63, 3.8) is 0 Å². The molecule has 0 saturated carbocycles.